The van der Waals surface area contributed by atoms with E-state index < -0.39 is 23.4 Å². The van der Waals surface area contributed by atoms with Crippen molar-refractivity contribution in [1.29, 1.82) is 0 Å². The van der Waals surface area contributed by atoms with Gasteiger partial charge in [-0.1, -0.05) is 12.1 Å². The maximum absolute atomic E-state index is 12.1. The number of nitro benzene ring substituents is 1. The number of nitrogens with zero attached hydrogens (tertiary/aromatic N) is 1. The fourth-order valence-corrected chi connectivity index (χ4v) is 2.21. The SMILES string of the molecule is CCOc1ccc(C(=O)OCC(=O)Nc2ccccc2[N+](=O)[O-])cc1OC. The van der Waals surface area contributed by atoms with Crippen molar-refractivity contribution in [3.05, 3.63) is 58.1 Å². The predicted octanol–water partition coefficient (Wildman–Crippen LogP) is 2.80. The van der Waals surface area contributed by atoms with Crippen LogP contribution in [-0.4, -0.2) is 37.1 Å². The van der Waals surface area contributed by atoms with Gasteiger partial charge in [0, 0.05) is 6.07 Å². The minimum atomic E-state index is -0.742. The molecule has 0 aliphatic heterocycles. The lowest BCUT2D eigenvalue weighted by molar-refractivity contribution is -0.383. The van der Waals surface area contributed by atoms with E-state index >= 15 is 0 Å². The maximum atomic E-state index is 12.1. The highest BCUT2D eigenvalue weighted by molar-refractivity contribution is 5.97. The van der Waals surface area contributed by atoms with Gasteiger partial charge >= 0.3 is 5.97 Å². The molecule has 142 valence electrons. The van der Waals surface area contributed by atoms with Crippen molar-refractivity contribution in [2.75, 3.05) is 25.6 Å². The highest BCUT2D eigenvalue weighted by Gasteiger charge is 2.17. The summed E-state index contributed by atoms with van der Waals surface area (Å²) >= 11 is 0. The summed E-state index contributed by atoms with van der Waals surface area (Å²) in [5.41, 5.74) is -0.0616. The summed E-state index contributed by atoms with van der Waals surface area (Å²) in [5.74, 6) is -0.606. The summed E-state index contributed by atoms with van der Waals surface area (Å²) in [6.07, 6.45) is 0. The van der Waals surface area contributed by atoms with Crippen LogP contribution in [0.2, 0.25) is 0 Å². The van der Waals surface area contributed by atoms with Gasteiger partial charge in [-0.2, -0.15) is 0 Å². The number of rotatable bonds is 8. The van der Waals surface area contributed by atoms with Crippen LogP contribution >= 0.6 is 0 Å². The van der Waals surface area contributed by atoms with E-state index in [1.54, 1.807) is 12.1 Å². The molecule has 0 saturated heterocycles. The second-order valence-corrected chi connectivity index (χ2v) is 5.20. The number of para-hydroxylation sites is 2. The molecule has 0 aliphatic carbocycles. The number of anilines is 1. The van der Waals surface area contributed by atoms with E-state index in [4.69, 9.17) is 14.2 Å². The summed E-state index contributed by atoms with van der Waals surface area (Å²) in [7, 11) is 1.44. The molecule has 0 bridgehead atoms. The van der Waals surface area contributed by atoms with Crippen LogP contribution in [0, 0.1) is 10.1 Å². The van der Waals surface area contributed by atoms with E-state index in [0.717, 1.165) is 0 Å². The van der Waals surface area contributed by atoms with E-state index in [-0.39, 0.29) is 16.9 Å². The summed E-state index contributed by atoms with van der Waals surface area (Å²) in [6, 6.07) is 10.1. The van der Waals surface area contributed by atoms with Gasteiger partial charge < -0.3 is 19.5 Å². The molecule has 1 N–H and O–H groups in total. The monoisotopic (exact) mass is 374 g/mol. The molecule has 0 radical (unpaired) electrons. The first kappa shape index (κ1) is 19.7. The van der Waals surface area contributed by atoms with Crippen LogP contribution in [0.25, 0.3) is 0 Å². The number of ether oxygens (including phenoxy) is 3. The number of nitrogens with one attached hydrogen (secondary N) is 1. The molecule has 2 aromatic rings. The van der Waals surface area contributed by atoms with Crippen molar-refractivity contribution in [1.82, 2.24) is 0 Å². The van der Waals surface area contributed by atoms with E-state index in [1.807, 2.05) is 6.92 Å². The number of nitro groups is 1. The molecule has 9 nitrogen and oxygen atoms in total. The molecule has 1 amide bonds. The molecule has 0 spiro atoms. The molecule has 0 aromatic heterocycles. The number of benzene rings is 2. The van der Waals surface area contributed by atoms with Gasteiger partial charge in [0.2, 0.25) is 0 Å². The number of amides is 1. The normalized spacial score (nSPS) is 10.0. The second-order valence-electron chi connectivity index (χ2n) is 5.20. The molecule has 0 atom stereocenters. The standard InChI is InChI=1S/C18H18N2O7/c1-3-26-15-9-8-12(10-16(15)25-2)18(22)27-11-17(21)19-13-6-4-5-7-14(13)20(23)24/h4-10H,3,11H2,1-2H3,(H,19,21). The third kappa shape index (κ3) is 5.18. The van der Waals surface area contributed by atoms with Gasteiger partial charge in [-0.25, -0.2) is 4.79 Å². The Morgan fingerprint density at radius 1 is 1.15 bits per heavy atom. The Bertz CT molecular complexity index is 851. The molecule has 0 unspecified atom stereocenters. The predicted molar refractivity (Wildman–Crippen MR) is 96.2 cm³/mol. The Hall–Kier alpha value is -3.62. The lowest BCUT2D eigenvalue weighted by Crippen LogP contribution is -2.21. The fourth-order valence-electron chi connectivity index (χ4n) is 2.21. The first-order valence-electron chi connectivity index (χ1n) is 7.97. The minimum Gasteiger partial charge on any atom is -0.493 e. The Labute approximate surface area is 155 Å². The topological polar surface area (TPSA) is 117 Å². The van der Waals surface area contributed by atoms with Gasteiger partial charge in [-0.15, -0.1) is 0 Å². The smallest absolute Gasteiger partial charge is 0.338 e. The highest BCUT2D eigenvalue weighted by atomic mass is 16.6. The van der Waals surface area contributed by atoms with Crippen LogP contribution in [0.4, 0.5) is 11.4 Å². The Balaban J connectivity index is 1.99. The summed E-state index contributed by atoms with van der Waals surface area (Å²) in [6.45, 7) is 1.66. The molecule has 0 aliphatic rings. The molecule has 0 saturated carbocycles. The van der Waals surface area contributed by atoms with Crippen LogP contribution < -0.4 is 14.8 Å². The third-order valence-corrected chi connectivity index (χ3v) is 3.41. The number of hydrogen-bond donors (Lipinski definition) is 1. The quantitative estimate of drug-likeness (QED) is 0.429. The maximum Gasteiger partial charge on any atom is 0.338 e. The number of hydrogen-bond acceptors (Lipinski definition) is 7. The largest absolute Gasteiger partial charge is 0.493 e. The number of carbonyl (C=O) groups excluding carboxylic acids is 2. The summed E-state index contributed by atoms with van der Waals surface area (Å²) in [4.78, 5) is 34.4. The Kier molecular flexibility index (Phi) is 6.70. The molecule has 9 heteroatoms. The molecule has 0 fully saturated rings. The van der Waals surface area contributed by atoms with Crippen LogP contribution in [0.3, 0.4) is 0 Å². The second kappa shape index (κ2) is 9.18. The van der Waals surface area contributed by atoms with E-state index in [9.17, 15) is 19.7 Å². The first-order chi connectivity index (χ1) is 13.0. The molecule has 2 aromatic carbocycles. The lowest BCUT2D eigenvalue weighted by atomic mass is 10.2. The molecule has 2 rings (SSSR count). The van der Waals surface area contributed by atoms with E-state index in [0.29, 0.717) is 18.1 Å². The summed E-state index contributed by atoms with van der Waals surface area (Å²) < 4.78 is 15.5. The molecule has 27 heavy (non-hydrogen) atoms. The first-order valence-corrected chi connectivity index (χ1v) is 7.97. The van der Waals surface area contributed by atoms with Crippen molar-refractivity contribution in [2.45, 2.75) is 6.92 Å². The van der Waals surface area contributed by atoms with Crippen LogP contribution in [0.1, 0.15) is 17.3 Å². The van der Waals surface area contributed by atoms with Gasteiger partial charge in [0.15, 0.2) is 18.1 Å². The Morgan fingerprint density at radius 3 is 2.56 bits per heavy atom. The van der Waals surface area contributed by atoms with Gasteiger partial charge in [0.25, 0.3) is 11.6 Å². The van der Waals surface area contributed by atoms with Gasteiger partial charge in [0.1, 0.15) is 5.69 Å². The zero-order valence-electron chi connectivity index (χ0n) is 14.8. The van der Waals surface area contributed by atoms with Crippen molar-refractivity contribution in [3.8, 4) is 11.5 Å². The molecular formula is C18H18N2O7. The van der Waals surface area contributed by atoms with Gasteiger partial charge in [-0.3, -0.25) is 14.9 Å². The van der Waals surface area contributed by atoms with Crippen molar-refractivity contribution in [3.63, 3.8) is 0 Å². The van der Waals surface area contributed by atoms with Gasteiger partial charge in [-0.05, 0) is 31.2 Å². The number of methoxy groups -OCH3 is 1. The van der Waals surface area contributed by atoms with Crippen LogP contribution in [0.5, 0.6) is 11.5 Å². The minimum absolute atomic E-state index is 0.0197. The zero-order chi connectivity index (χ0) is 19.8. The van der Waals surface area contributed by atoms with Crippen molar-refractivity contribution in [2.24, 2.45) is 0 Å². The number of carbonyl (C=O) groups is 2. The lowest BCUT2D eigenvalue weighted by Gasteiger charge is -2.11. The van der Waals surface area contributed by atoms with E-state index in [2.05, 4.69) is 5.32 Å². The highest BCUT2D eigenvalue weighted by Crippen LogP contribution is 2.28. The number of esters is 1. The van der Waals surface area contributed by atoms with Gasteiger partial charge in [0.05, 0.1) is 24.2 Å². The van der Waals surface area contributed by atoms with Crippen molar-refractivity contribution >= 4 is 23.3 Å². The molecule has 0 heterocycles. The average molecular weight is 374 g/mol. The summed E-state index contributed by atoms with van der Waals surface area (Å²) in [5, 5.41) is 13.3. The Morgan fingerprint density at radius 2 is 1.89 bits per heavy atom. The van der Waals surface area contributed by atoms with Crippen LogP contribution in [0.15, 0.2) is 42.5 Å². The molecular weight excluding hydrogens is 356 g/mol. The third-order valence-electron chi connectivity index (χ3n) is 3.41. The fraction of sp³-hybridized carbons (Fsp3) is 0.222. The van der Waals surface area contributed by atoms with E-state index in [1.165, 1.54) is 37.4 Å². The van der Waals surface area contributed by atoms with Crippen LogP contribution in [-0.2, 0) is 9.53 Å². The zero-order valence-corrected chi connectivity index (χ0v) is 14.8. The van der Waals surface area contributed by atoms with Crippen molar-refractivity contribution < 1.29 is 28.7 Å². The average Bonchev–Trinajstić information content (AvgIpc) is 2.66.